The number of hydrogen-bond acceptors (Lipinski definition) is 4. The molecule has 0 aliphatic carbocycles. The second kappa shape index (κ2) is 3.97. The summed E-state index contributed by atoms with van der Waals surface area (Å²) in [6.07, 6.45) is 2.10. The van der Waals surface area contributed by atoms with Gasteiger partial charge in [0, 0.05) is 11.5 Å². The Morgan fingerprint density at radius 1 is 1.62 bits per heavy atom. The Bertz CT molecular complexity index is 247. The summed E-state index contributed by atoms with van der Waals surface area (Å²) in [4.78, 5) is 24.0. The molecule has 0 radical (unpaired) electrons. The molecule has 1 aliphatic rings. The van der Waals surface area contributed by atoms with Crippen molar-refractivity contribution in [2.24, 2.45) is 4.99 Å². The number of hydrogen-bond donors (Lipinski definition) is 1. The van der Waals surface area contributed by atoms with Crippen molar-refractivity contribution in [2.45, 2.75) is 25.3 Å². The number of nitro groups is 1. The van der Waals surface area contributed by atoms with E-state index in [4.69, 9.17) is 5.11 Å². The molecule has 1 heterocycles. The topological polar surface area (TPSA) is 92.8 Å². The number of carboxylic acid groups (broad SMARTS) is 1. The van der Waals surface area contributed by atoms with Crippen LogP contribution in [0.2, 0.25) is 0 Å². The summed E-state index contributed by atoms with van der Waals surface area (Å²) < 4.78 is 0. The number of carboxylic acids is 1. The molecule has 0 spiro atoms. The minimum Gasteiger partial charge on any atom is -0.476 e. The van der Waals surface area contributed by atoms with Crippen molar-refractivity contribution < 1.29 is 14.8 Å². The first-order valence-electron chi connectivity index (χ1n) is 4.02. The number of aliphatic imine (C=N–C) groups is 1. The molecule has 0 bridgehead atoms. The molecule has 0 aromatic rings. The highest BCUT2D eigenvalue weighted by atomic mass is 16.6. The quantitative estimate of drug-likeness (QED) is 0.508. The summed E-state index contributed by atoms with van der Waals surface area (Å²) >= 11 is 0. The van der Waals surface area contributed by atoms with Gasteiger partial charge in [-0.3, -0.25) is 15.1 Å². The van der Waals surface area contributed by atoms with E-state index in [2.05, 4.69) is 4.99 Å². The minimum absolute atomic E-state index is 0.198. The van der Waals surface area contributed by atoms with E-state index in [-0.39, 0.29) is 5.71 Å². The summed E-state index contributed by atoms with van der Waals surface area (Å²) in [5, 5.41) is 19.0. The van der Waals surface area contributed by atoms with Gasteiger partial charge in [-0.25, -0.2) is 4.79 Å². The van der Waals surface area contributed by atoms with Gasteiger partial charge < -0.3 is 5.11 Å². The molecule has 0 saturated carbocycles. The molecule has 1 unspecified atom stereocenters. The van der Waals surface area contributed by atoms with Crippen molar-refractivity contribution in [1.29, 1.82) is 0 Å². The molecule has 1 N–H and O–H groups in total. The summed E-state index contributed by atoms with van der Waals surface area (Å²) in [5.41, 5.74) is 0.198. The van der Waals surface area contributed by atoms with Gasteiger partial charge in [0.2, 0.25) is 0 Å². The first-order chi connectivity index (χ1) is 6.13. The third kappa shape index (κ3) is 2.24. The van der Waals surface area contributed by atoms with Crippen molar-refractivity contribution in [2.75, 3.05) is 6.54 Å². The largest absolute Gasteiger partial charge is 0.476 e. The molecular formula is C7H10N2O4. The van der Waals surface area contributed by atoms with Gasteiger partial charge in [0.25, 0.3) is 0 Å². The van der Waals surface area contributed by atoms with E-state index < -0.39 is 16.9 Å². The maximum absolute atomic E-state index is 10.5. The molecule has 13 heavy (non-hydrogen) atoms. The van der Waals surface area contributed by atoms with Gasteiger partial charge in [0.15, 0.2) is 0 Å². The summed E-state index contributed by atoms with van der Waals surface area (Å²) in [6, 6.07) is -1.64. The van der Waals surface area contributed by atoms with E-state index in [0.717, 1.165) is 12.8 Å². The molecule has 0 aromatic carbocycles. The highest BCUT2D eigenvalue weighted by Gasteiger charge is 2.35. The zero-order valence-corrected chi connectivity index (χ0v) is 6.97. The Labute approximate surface area is 74.4 Å². The van der Waals surface area contributed by atoms with Crippen molar-refractivity contribution in [1.82, 2.24) is 0 Å². The molecule has 6 heteroatoms. The molecule has 1 atom stereocenters. The highest BCUT2D eigenvalue weighted by molar-refractivity contribution is 6.04. The average molecular weight is 186 g/mol. The maximum Gasteiger partial charge on any atom is 0.385 e. The lowest BCUT2D eigenvalue weighted by atomic mass is 10.0. The van der Waals surface area contributed by atoms with E-state index in [0.29, 0.717) is 13.0 Å². The van der Waals surface area contributed by atoms with Gasteiger partial charge in [0.05, 0.1) is 5.71 Å². The van der Waals surface area contributed by atoms with Crippen molar-refractivity contribution >= 4 is 11.7 Å². The second-order valence-corrected chi connectivity index (χ2v) is 2.86. The van der Waals surface area contributed by atoms with Crippen molar-refractivity contribution in [3.63, 3.8) is 0 Å². The number of carbonyl (C=O) groups is 1. The van der Waals surface area contributed by atoms with Crippen LogP contribution in [0.5, 0.6) is 0 Å². The van der Waals surface area contributed by atoms with E-state index in [1.807, 2.05) is 0 Å². The van der Waals surface area contributed by atoms with E-state index in [1.165, 1.54) is 0 Å². The van der Waals surface area contributed by atoms with Crippen LogP contribution in [0.15, 0.2) is 4.99 Å². The van der Waals surface area contributed by atoms with Gasteiger partial charge >= 0.3 is 12.0 Å². The lowest BCUT2D eigenvalue weighted by Gasteiger charge is -2.12. The third-order valence-electron chi connectivity index (χ3n) is 1.92. The SMILES string of the molecule is O=C(O)C(C1=NCCCC1)[N+](=O)[O-]. The Hall–Kier alpha value is -1.46. The molecule has 0 saturated heterocycles. The third-order valence-corrected chi connectivity index (χ3v) is 1.92. The number of nitrogens with zero attached hydrogens (tertiary/aromatic N) is 2. The Morgan fingerprint density at radius 3 is 2.69 bits per heavy atom. The molecule has 1 aliphatic heterocycles. The molecule has 72 valence electrons. The number of aliphatic carboxylic acids is 1. The summed E-state index contributed by atoms with van der Waals surface area (Å²) in [7, 11) is 0. The van der Waals surface area contributed by atoms with Crippen LogP contribution in [-0.2, 0) is 4.79 Å². The van der Waals surface area contributed by atoms with Gasteiger partial charge in [-0.2, -0.15) is 0 Å². The summed E-state index contributed by atoms with van der Waals surface area (Å²) in [5.74, 6) is -1.43. The molecule has 6 nitrogen and oxygen atoms in total. The zero-order valence-electron chi connectivity index (χ0n) is 6.97. The first-order valence-corrected chi connectivity index (χ1v) is 4.02. The molecule has 0 amide bonds. The standard InChI is InChI=1S/C7H10N2O4/c10-7(11)6(9(12)13)5-3-1-2-4-8-5/h6H,1-4H2,(H,10,11). The average Bonchev–Trinajstić information content (AvgIpc) is 2.04. The van der Waals surface area contributed by atoms with Crippen LogP contribution in [0, 0.1) is 10.1 Å². The lowest BCUT2D eigenvalue weighted by Crippen LogP contribution is -2.38. The molecule has 0 fully saturated rings. The fourth-order valence-electron chi connectivity index (χ4n) is 1.30. The van der Waals surface area contributed by atoms with Gasteiger partial charge in [0.1, 0.15) is 0 Å². The lowest BCUT2D eigenvalue weighted by molar-refractivity contribution is -0.491. The predicted octanol–water partition coefficient (Wildman–Crippen LogP) is 0.341. The van der Waals surface area contributed by atoms with Crippen LogP contribution in [-0.4, -0.2) is 34.3 Å². The summed E-state index contributed by atoms with van der Waals surface area (Å²) in [6.45, 7) is 0.507. The fraction of sp³-hybridized carbons (Fsp3) is 0.714. The fourth-order valence-corrected chi connectivity index (χ4v) is 1.30. The predicted molar refractivity (Wildman–Crippen MR) is 44.6 cm³/mol. The van der Waals surface area contributed by atoms with Gasteiger partial charge in [-0.1, -0.05) is 0 Å². The molecular weight excluding hydrogens is 176 g/mol. The van der Waals surface area contributed by atoms with Crippen LogP contribution in [0.1, 0.15) is 19.3 Å². The Kier molecular flexibility index (Phi) is 2.94. The van der Waals surface area contributed by atoms with Crippen molar-refractivity contribution in [3.8, 4) is 0 Å². The smallest absolute Gasteiger partial charge is 0.385 e. The van der Waals surface area contributed by atoms with Crippen LogP contribution in [0.3, 0.4) is 0 Å². The van der Waals surface area contributed by atoms with Gasteiger partial charge in [-0.05, 0) is 19.3 Å². The Balaban J connectivity index is 2.80. The monoisotopic (exact) mass is 186 g/mol. The highest BCUT2D eigenvalue weighted by Crippen LogP contribution is 2.10. The molecule has 1 rings (SSSR count). The van der Waals surface area contributed by atoms with E-state index >= 15 is 0 Å². The maximum atomic E-state index is 10.5. The molecule has 0 aromatic heterocycles. The van der Waals surface area contributed by atoms with Crippen LogP contribution >= 0.6 is 0 Å². The van der Waals surface area contributed by atoms with Crippen LogP contribution < -0.4 is 0 Å². The minimum atomic E-state index is -1.64. The van der Waals surface area contributed by atoms with Gasteiger partial charge in [-0.15, -0.1) is 0 Å². The zero-order chi connectivity index (χ0) is 9.84. The normalized spacial score (nSPS) is 18.9. The van der Waals surface area contributed by atoms with E-state index in [1.54, 1.807) is 0 Å². The number of rotatable bonds is 3. The van der Waals surface area contributed by atoms with Crippen LogP contribution in [0.4, 0.5) is 0 Å². The first kappa shape index (κ1) is 9.63. The van der Waals surface area contributed by atoms with Crippen LogP contribution in [0.25, 0.3) is 0 Å². The second-order valence-electron chi connectivity index (χ2n) is 2.86. The van der Waals surface area contributed by atoms with E-state index in [9.17, 15) is 14.9 Å². The van der Waals surface area contributed by atoms with Crippen molar-refractivity contribution in [3.05, 3.63) is 10.1 Å². The Morgan fingerprint density at radius 2 is 2.31 bits per heavy atom.